The number of aromatic nitrogens is 2. The van der Waals surface area contributed by atoms with Crippen LogP contribution in [-0.2, 0) is 6.61 Å². The first-order valence-electron chi connectivity index (χ1n) is 5.89. The van der Waals surface area contributed by atoms with Crippen LogP contribution in [0.25, 0.3) is 0 Å². The Labute approximate surface area is 119 Å². The Morgan fingerprint density at radius 1 is 1.45 bits per heavy atom. The van der Waals surface area contributed by atoms with Gasteiger partial charge in [0.25, 0.3) is 0 Å². The third kappa shape index (κ3) is 3.26. The van der Waals surface area contributed by atoms with Crippen LogP contribution in [0.15, 0.2) is 30.6 Å². The fourth-order valence-electron chi connectivity index (χ4n) is 1.75. The summed E-state index contributed by atoms with van der Waals surface area (Å²) in [5.74, 6) is 0.486. The van der Waals surface area contributed by atoms with Crippen molar-refractivity contribution in [3.63, 3.8) is 0 Å². The third-order valence-electron chi connectivity index (χ3n) is 2.74. The molecule has 4 nitrogen and oxygen atoms in total. The van der Waals surface area contributed by atoms with Crippen LogP contribution < -0.4 is 4.74 Å². The lowest BCUT2D eigenvalue weighted by Crippen LogP contribution is -2.08. The molecule has 1 aromatic heterocycles. The second-order valence-electron chi connectivity index (χ2n) is 4.18. The highest BCUT2D eigenvalue weighted by Gasteiger charge is 2.14. The lowest BCUT2D eigenvalue weighted by atomic mass is 10.1. The zero-order chi connectivity index (χ0) is 14.7. The van der Waals surface area contributed by atoms with Gasteiger partial charge < -0.3 is 9.84 Å². The Morgan fingerprint density at radius 3 is 2.85 bits per heavy atom. The molecule has 1 aromatic carbocycles. The molecule has 0 radical (unpaired) electrons. The molecule has 1 N–H and O–H groups in total. The Hall–Kier alpha value is -1.66. The smallest absolute Gasteiger partial charge is 0.320 e. The second kappa shape index (κ2) is 6.19. The molecule has 0 saturated heterocycles. The number of hydrogen-bond donors (Lipinski definition) is 1. The monoisotopic (exact) mass is 302 g/mol. The van der Waals surface area contributed by atoms with Crippen LogP contribution in [0.2, 0.25) is 5.02 Å². The summed E-state index contributed by atoms with van der Waals surface area (Å²) < 4.78 is 31.5. The Morgan fingerprint density at radius 2 is 2.20 bits per heavy atom. The van der Waals surface area contributed by atoms with Crippen molar-refractivity contribution in [3.05, 3.63) is 47.0 Å². The first kappa shape index (κ1) is 14.7. The molecule has 2 aromatic rings. The lowest BCUT2D eigenvalue weighted by molar-refractivity contribution is 0.0630. The van der Waals surface area contributed by atoms with Gasteiger partial charge in [-0.15, -0.1) is 0 Å². The van der Waals surface area contributed by atoms with Crippen molar-refractivity contribution in [2.45, 2.75) is 26.2 Å². The molecule has 0 saturated carbocycles. The van der Waals surface area contributed by atoms with Crippen LogP contribution in [0.4, 0.5) is 8.78 Å². The standard InChI is InChI=1S/C13H13ClF2N2O2/c1-8(19)10-6-9(14)2-3-11(10)20-7-12-17-4-5-18(12)13(15)16/h2-6,8,13,19H,7H2,1H3/t8-/m0/s1. The van der Waals surface area contributed by atoms with Gasteiger partial charge in [0.05, 0.1) is 6.10 Å². The summed E-state index contributed by atoms with van der Waals surface area (Å²) in [6, 6.07) is 4.75. The molecule has 0 unspecified atom stereocenters. The Bertz CT molecular complexity index is 588. The van der Waals surface area contributed by atoms with Crippen molar-refractivity contribution in [2.75, 3.05) is 0 Å². The molecular weight excluding hydrogens is 290 g/mol. The van der Waals surface area contributed by atoms with Crippen molar-refractivity contribution in [1.82, 2.24) is 9.55 Å². The van der Waals surface area contributed by atoms with E-state index < -0.39 is 12.7 Å². The lowest BCUT2D eigenvalue weighted by Gasteiger charge is -2.14. The minimum atomic E-state index is -2.67. The summed E-state index contributed by atoms with van der Waals surface area (Å²) in [5, 5.41) is 10.1. The molecule has 0 aliphatic heterocycles. The number of nitrogens with zero attached hydrogens (tertiary/aromatic N) is 2. The van der Waals surface area contributed by atoms with E-state index in [0.717, 1.165) is 4.57 Å². The summed E-state index contributed by atoms with van der Waals surface area (Å²) in [4.78, 5) is 3.81. The highest BCUT2D eigenvalue weighted by atomic mass is 35.5. The maximum atomic E-state index is 12.7. The van der Waals surface area contributed by atoms with E-state index >= 15 is 0 Å². The van der Waals surface area contributed by atoms with Gasteiger partial charge in [-0.05, 0) is 25.1 Å². The van der Waals surface area contributed by atoms with Gasteiger partial charge in [-0.1, -0.05) is 11.6 Å². The number of ether oxygens (including phenoxy) is 1. The van der Waals surface area contributed by atoms with Crippen molar-refractivity contribution in [3.8, 4) is 5.75 Å². The van der Waals surface area contributed by atoms with Gasteiger partial charge in [0.1, 0.15) is 12.4 Å². The van der Waals surface area contributed by atoms with Gasteiger partial charge in [-0.25, -0.2) is 4.98 Å². The quantitative estimate of drug-likeness (QED) is 0.918. The molecule has 1 atom stereocenters. The number of hydrogen-bond acceptors (Lipinski definition) is 3. The topological polar surface area (TPSA) is 47.3 Å². The summed E-state index contributed by atoms with van der Waals surface area (Å²) in [5.41, 5.74) is 0.493. The van der Waals surface area contributed by atoms with Crippen LogP contribution in [0.1, 0.15) is 31.0 Å². The predicted molar refractivity (Wildman–Crippen MR) is 69.9 cm³/mol. The molecule has 0 spiro atoms. The molecule has 2 rings (SSSR count). The molecule has 7 heteroatoms. The minimum absolute atomic E-state index is 0.103. The van der Waals surface area contributed by atoms with Crippen molar-refractivity contribution < 1.29 is 18.6 Å². The van der Waals surface area contributed by atoms with Crippen LogP contribution in [-0.4, -0.2) is 14.7 Å². The van der Waals surface area contributed by atoms with Crippen LogP contribution in [0, 0.1) is 0 Å². The van der Waals surface area contributed by atoms with E-state index in [4.69, 9.17) is 16.3 Å². The maximum Gasteiger partial charge on any atom is 0.320 e. The van der Waals surface area contributed by atoms with Crippen molar-refractivity contribution >= 4 is 11.6 Å². The van der Waals surface area contributed by atoms with E-state index in [1.807, 2.05) is 0 Å². The highest BCUT2D eigenvalue weighted by Crippen LogP contribution is 2.29. The molecule has 0 fully saturated rings. The first-order chi connectivity index (χ1) is 9.49. The van der Waals surface area contributed by atoms with Gasteiger partial charge in [-0.2, -0.15) is 8.78 Å². The number of aliphatic hydroxyl groups excluding tert-OH is 1. The average molecular weight is 303 g/mol. The van der Waals surface area contributed by atoms with Gasteiger partial charge >= 0.3 is 6.55 Å². The summed E-state index contributed by atoms with van der Waals surface area (Å²) in [6.45, 7) is -1.23. The molecular formula is C13H13ClF2N2O2. The Balaban J connectivity index is 2.17. The Kier molecular flexibility index (Phi) is 4.57. The SMILES string of the molecule is C[C@H](O)c1cc(Cl)ccc1OCc1nccn1C(F)F. The van der Waals surface area contributed by atoms with Gasteiger partial charge in [0, 0.05) is 23.0 Å². The normalized spacial score (nSPS) is 12.7. The number of benzene rings is 1. The minimum Gasteiger partial charge on any atom is -0.485 e. The van der Waals surface area contributed by atoms with Gasteiger partial charge in [0.2, 0.25) is 0 Å². The molecule has 0 aliphatic rings. The maximum absolute atomic E-state index is 12.7. The van der Waals surface area contributed by atoms with Crippen molar-refractivity contribution in [2.24, 2.45) is 0 Å². The number of imidazole rings is 1. The van der Waals surface area contributed by atoms with E-state index in [-0.39, 0.29) is 12.4 Å². The molecule has 0 amide bonds. The largest absolute Gasteiger partial charge is 0.485 e. The van der Waals surface area contributed by atoms with Crippen LogP contribution >= 0.6 is 11.6 Å². The summed E-state index contributed by atoms with van der Waals surface area (Å²) >= 11 is 5.85. The van der Waals surface area contributed by atoms with E-state index in [0.29, 0.717) is 16.3 Å². The summed E-state index contributed by atoms with van der Waals surface area (Å²) in [6.07, 6.45) is 1.68. The van der Waals surface area contributed by atoms with Gasteiger partial charge in [-0.3, -0.25) is 4.57 Å². The fourth-order valence-corrected chi connectivity index (χ4v) is 1.93. The predicted octanol–water partition coefficient (Wildman–Crippen LogP) is 3.56. The fraction of sp³-hybridized carbons (Fsp3) is 0.308. The number of rotatable bonds is 5. The molecule has 1 heterocycles. The van der Waals surface area contributed by atoms with E-state index in [1.54, 1.807) is 25.1 Å². The third-order valence-corrected chi connectivity index (χ3v) is 2.97. The van der Waals surface area contributed by atoms with E-state index in [2.05, 4.69) is 4.98 Å². The first-order valence-corrected chi connectivity index (χ1v) is 6.27. The number of aliphatic hydroxyl groups is 1. The molecule has 0 aliphatic carbocycles. The number of halogens is 3. The highest BCUT2D eigenvalue weighted by molar-refractivity contribution is 6.30. The van der Waals surface area contributed by atoms with Crippen LogP contribution in [0.3, 0.4) is 0 Å². The number of alkyl halides is 2. The molecule has 20 heavy (non-hydrogen) atoms. The summed E-state index contributed by atoms with van der Waals surface area (Å²) in [7, 11) is 0. The van der Waals surface area contributed by atoms with Gasteiger partial charge in [0.15, 0.2) is 5.82 Å². The average Bonchev–Trinajstić information content (AvgIpc) is 2.85. The van der Waals surface area contributed by atoms with E-state index in [9.17, 15) is 13.9 Å². The van der Waals surface area contributed by atoms with Crippen molar-refractivity contribution in [1.29, 1.82) is 0 Å². The van der Waals surface area contributed by atoms with Crippen LogP contribution in [0.5, 0.6) is 5.75 Å². The zero-order valence-electron chi connectivity index (χ0n) is 10.6. The van der Waals surface area contributed by atoms with E-state index in [1.165, 1.54) is 12.4 Å². The molecule has 0 bridgehead atoms. The second-order valence-corrected chi connectivity index (χ2v) is 4.61. The molecule has 108 valence electrons. The zero-order valence-corrected chi connectivity index (χ0v) is 11.4.